The Labute approximate surface area is 301 Å². The predicted octanol–water partition coefficient (Wildman–Crippen LogP) is 6.22. The molecule has 6 atom stereocenters. The molecule has 1 N–H and O–H groups in total. The Hall–Kier alpha value is -5.81. The number of aliphatic hydroxyl groups excluding tert-OH is 1. The van der Waals surface area contributed by atoms with E-state index in [4.69, 9.17) is 28.4 Å². The first kappa shape index (κ1) is 36.0. The van der Waals surface area contributed by atoms with Gasteiger partial charge in [-0.2, -0.15) is 0 Å². The van der Waals surface area contributed by atoms with Crippen LogP contribution in [0.4, 0.5) is 0 Å². The number of esters is 3. The highest BCUT2D eigenvalue weighted by Gasteiger charge is 2.57. The van der Waals surface area contributed by atoms with Crippen molar-refractivity contribution in [3.05, 3.63) is 173 Å². The summed E-state index contributed by atoms with van der Waals surface area (Å²) in [4.78, 5) is 41.1. The van der Waals surface area contributed by atoms with Gasteiger partial charge in [0.2, 0.25) is 0 Å². The molecule has 10 nitrogen and oxygen atoms in total. The maximum absolute atomic E-state index is 13.8. The Morgan fingerprint density at radius 3 is 1.27 bits per heavy atom. The molecule has 0 unspecified atom stereocenters. The van der Waals surface area contributed by atoms with E-state index in [1.165, 1.54) is 0 Å². The average molecular weight is 703 g/mol. The topological polar surface area (TPSA) is 127 Å². The SMILES string of the molecule is COc1ccc(CO[C@H]2[C@@H](O)[C@@H](OC(=O)c3ccccc3)[C@H](OCc3ccccc3)[C@@H](OC(=O)c3ccccc3)[C@@H]2OC(=O)c2ccccc2)cc1. The van der Waals surface area contributed by atoms with Crippen LogP contribution >= 0.6 is 0 Å². The molecule has 0 spiro atoms. The van der Waals surface area contributed by atoms with Crippen LogP contribution in [0.25, 0.3) is 0 Å². The molecule has 1 aliphatic carbocycles. The van der Waals surface area contributed by atoms with Crippen molar-refractivity contribution in [3.63, 3.8) is 0 Å². The van der Waals surface area contributed by atoms with Crippen LogP contribution in [0.5, 0.6) is 5.75 Å². The molecule has 0 amide bonds. The lowest BCUT2D eigenvalue weighted by Crippen LogP contribution is -2.67. The third kappa shape index (κ3) is 8.91. The third-order valence-corrected chi connectivity index (χ3v) is 8.61. The van der Waals surface area contributed by atoms with Gasteiger partial charge in [0.25, 0.3) is 0 Å². The lowest BCUT2D eigenvalue weighted by atomic mass is 9.83. The van der Waals surface area contributed by atoms with Crippen LogP contribution in [0.2, 0.25) is 0 Å². The number of carbonyl (C=O) groups is 3. The minimum atomic E-state index is -1.62. The Morgan fingerprint density at radius 2 is 0.827 bits per heavy atom. The molecule has 0 bridgehead atoms. The van der Waals surface area contributed by atoms with E-state index < -0.39 is 54.5 Å². The number of rotatable bonds is 13. The lowest BCUT2D eigenvalue weighted by Gasteiger charge is -2.47. The summed E-state index contributed by atoms with van der Waals surface area (Å²) >= 11 is 0. The zero-order valence-electron chi connectivity index (χ0n) is 28.4. The van der Waals surface area contributed by atoms with Crippen molar-refractivity contribution in [1.82, 2.24) is 0 Å². The highest BCUT2D eigenvalue weighted by atomic mass is 16.6. The summed E-state index contributed by atoms with van der Waals surface area (Å²) < 4.78 is 36.3. The smallest absolute Gasteiger partial charge is 0.338 e. The van der Waals surface area contributed by atoms with E-state index in [-0.39, 0.29) is 29.9 Å². The first-order valence-corrected chi connectivity index (χ1v) is 16.8. The molecule has 0 radical (unpaired) electrons. The molecule has 266 valence electrons. The zero-order chi connectivity index (χ0) is 36.3. The van der Waals surface area contributed by atoms with E-state index in [1.54, 1.807) is 122 Å². The molecule has 0 aromatic heterocycles. The third-order valence-electron chi connectivity index (χ3n) is 8.61. The van der Waals surface area contributed by atoms with Crippen molar-refractivity contribution in [2.45, 2.75) is 49.8 Å². The van der Waals surface area contributed by atoms with Crippen molar-refractivity contribution >= 4 is 17.9 Å². The standard InChI is InChI=1S/C42H38O10/c1-47-33-24-22-29(23-25-33)27-48-35-34(43)36(50-40(44)30-16-8-3-9-17-30)37(49-26-28-14-6-2-7-15-28)39(52-42(46)32-20-12-5-13-21-32)38(35)51-41(45)31-18-10-4-11-19-31/h2-25,34-39,43H,26-27H2,1H3/t34-,35+,36-,37+,38-,39-/m1/s1. The normalized spacial score (nSPS) is 21.0. The fraction of sp³-hybridized carbons (Fsp3) is 0.214. The molecule has 0 heterocycles. The van der Waals surface area contributed by atoms with Crippen LogP contribution in [0.1, 0.15) is 42.2 Å². The average Bonchev–Trinajstić information content (AvgIpc) is 3.20. The summed E-state index contributed by atoms with van der Waals surface area (Å²) in [7, 11) is 1.56. The van der Waals surface area contributed by atoms with Gasteiger partial charge < -0.3 is 33.5 Å². The number of hydrogen-bond acceptors (Lipinski definition) is 10. The Morgan fingerprint density at radius 1 is 0.462 bits per heavy atom. The van der Waals surface area contributed by atoms with Crippen molar-refractivity contribution in [3.8, 4) is 5.75 Å². The Kier molecular flexibility index (Phi) is 12.1. The second kappa shape index (κ2) is 17.4. The predicted molar refractivity (Wildman–Crippen MR) is 190 cm³/mol. The maximum atomic E-state index is 13.8. The summed E-state index contributed by atoms with van der Waals surface area (Å²) in [5.41, 5.74) is 2.13. The van der Waals surface area contributed by atoms with Crippen molar-refractivity contribution in [2.75, 3.05) is 7.11 Å². The zero-order valence-corrected chi connectivity index (χ0v) is 28.4. The summed E-state index contributed by atoms with van der Waals surface area (Å²) in [6.07, 6.45) is -8.62. The number of hydrogen-bond donors (Lipinski definition) is 1. The van der Waals surface area contributed by atoms with Crippen LogP contribution in [0.3, 0.4) is 0 Å². The van der Waals surface area contributed by atoms with E-state index in [1.807, 2.05) is 30.3 Å². The van der Waals surface area contributed by atoms with Gasteiger partial charge in [0, 0.05) is 0 Å². The van der Waals surface area contributed by atoms with Crippen molar-refractivity contribution < 1.29 is 47.9 Å². The van der Waals surface area contributed by atoms with Crippen LogP contribution in [-0.4, -0.2) is 66.7 Å². The molecule has 10 heteroatoms. The summed E-state index contributed by atoms with van der Waals surface area (Å²) in [6, 6.07) is 41.1. The molecule has 6 rings (SSSR count). The van der Waals surface area contributed by atoms with Crippen LogP contribution in [-0.2, 0) is 36.9 Å². The fourth-order valence-electron chi connectivity index (χ4n) is 5.90. The molecule has 5 aromatic rings. The van der Waals surface area contributed by atoms with Gasteiger partial charge in [-0.25, -0.2) is 14.4 Å². The summed E-state index contributed by atoms with van der Waals surface area (Å²) in [6.45, 7) is -0.0763. The van der Waals surface area contributed by atoms with E-state index >= 15 is 0 Å². The van der Waals surface area contributed by atoms with E-state index in [0.717, 1.165) is 5.56 Å². The Bertz CT molecular complexity index is 1890. The first-order valence-electron chi connectivity index (χ1n) is 16.8. The molecular formula is C42H38O10. The number of methoxy groups -OCH3 is 1. The number of carbonyl (C=O) groups excluding carboxylic acids is 3. The summed E-state index contributed by atoms with van der Waals surface area (Å²) in [5, 5.41) is 12.1. The molecule has 52 heavy (non-hydrogen) atoms. The van der Waals surface area contributed by atoms with E-state index in [0.29, 0.717) is 11.3 Å². The van der Waals surface area contributed by atoms with Gasteiger partial charge in [-0.3, -0.25) is 0 Å². The molecular weight excluding hydrogens is 664 g/mol. The lowest BCUT2D eigenvalue weighted by molar-refractivity contribution is -0.249. The van der Waals surface area contributed by atoms with Gasteiger partial charge in [0.15, 0.2) is 18.3 Å². The second-order valence-corrected chi connectivity index (χ2v) is 12.1. The molecule has 5 aromatic carbocycles. The molecule has 1 fully saturated rings. The van der Waals surface area contributed by atoms with Gasteiger partial charge in [-0.15, -0.1) is 0 Å². The molecule has 0 aliphatic heterocycles. The minimum Gasteiger partial charge on any atom is -0.497 e. The quantitative estimate of drug-likeness (QED) is 0.112. The van der Waals surface area contributed by atoms with Gasteiger partial charge in [-0.1, -0.05) is 97.1 Å². The largest absolute Gasteiger partial charge is 0.497 e. The molecule has 1 aliphatic rings. The highest BCUT2D eigenvalue weighted by Crippen LogP contribution is 2.35. The first-order chi connectivity index (χ1) is 25.4. The maximum Gasteiger partial charge on any atom is 0.338 e. The Balaban J connectivity index is 1.42. The van der Waals surface area contributed by atoms with E-state index in [9.17, 15) is 19.5 Å². The van der Waals surface area contributed by atoms with Gasteiger partial charge >= 0.3 is 17.9 Å². The van der Waals surface area contributed by atoms with Gasteiger partial charge in [0.05, 0.1) is 37.0 Å². The van der Waals surface area contributed by atoms with E-state index in [2.05, 4.69) is 0 Å². The second-order valence-electron chi connectivity index (χ2n) is 12.1. The summed E-state index contributed by atoms with van der Waals surface area (Å²) in [5.74, 6) is -1.62. The highest BCUT2D eigenvalue weighted by molar-refractivity contribution is 5.91. The van der Waals surface area contributed by atoms with Crippen molar-refractivity contribution in [1.29, 1.82) is 0 Å². The van der Waals surface area contributed by atoms with Crippen LogP contribution < -0.4 is 4.74 Å². The van der Waals surface area contributed by atoms with Gasteiger partial charge in [0.1, 0.15) is 24.1 Å². The van der Waals surface area contributed by atoms with Crippen LogP contribution in [0, 0.1) is 0 Å². The monoisotopic (exact) mass is 702 g/mol. The molecule has 0 saturated heterocycles. The number of aliphatic hydroxyl groups is 1. The molecule has 1 saturated carbocycles. The number of ether oxygens (including phenoxy) is 6. The van der Waals surface area contributed by atoms with Crippen molar-refractivity contribution in [2.24, 2.45) is 0 Å². The van der Waals surface area contributed by atoms with Crippen LogP contribution in [0.15, 0.2) is 146 Å². The van der Waals surface area contributed by atoms with Gasteiger partial charge in [-0.05, 0) is 59.7 Å². The fourth-order valence-corrected chi connectivity index (χ4v) is 5.90. The number of benzene rings is 5. The minimum absolute atomic E-state index is 0.0201.